The van der Waals surface area contributed by atoms with E-state index in [1.807, 2.05) is 24.4 Å². The molecule has 4 rings (SSSR count). The molecular formula is C19H19N6O3+. The van der Waals surface area contributed by atoms with Gasteiger partial charge in [0.2, 0.25) is 5.88 Å². The lowest BCUT2D eigenvalue weighted by molar-refractivity contribution is 0.395. The maximum absolute atomic E-state index is 5.32. The van der Waals surface area contributed by atoms with Gasteiger partial charge in [-0.05, 0) is 5.10 Å². The molecule has 1 unspecified atom stereocenters. The Bertz CT molecular complexity index is 991. The molecule has 0 saturated heterocycles. The van der Waals surface area contributed by atoms with E-state index < -0.39 is 0 Å². The van der Waals surface area contributed by atoms with Crippen LogP contribution in [-0.2, 0) is 0 Å². The summed E-state index contributed by atoms with van der Waals surface area (Å²) in [6.45, 7) is 0. The molecule has 0 fully saturated rings. The molecule has 2 aromatic rings. The second-order valence-electron chi connectivity index (χ2n) is 5.94. The van der Waals surface area contributed by atoms with Gasteiger partial charge in [-0.25, -0.2) is 4.98 Å². The molecule has 3 heterocycles. The molecule has 1 atom stereocenters. The Hall–Kier alpha value is -3.72. The minimum absolute atomic E-state index is 0.0317. The van der Waals surface area contributed by atoms with Gasteiger partial charge in [0.1, 0.15) is 17.7 Å². The van der Waals surface area contributed by atoms with Gasteiger partial charge in [0.15, 0.2) is 11.9 Å². The maximum Gasteiger partial charge on any atom is 0.287 e. The molecular weight excluding hydrogens is 360 g/mol. The van der Waals surface area contributed by atoms with Crippen LogP contribution >= 0.6 is 0 Å². The van der Waals surface area contributed by atoms with E-state index in [1.165, 1.54) is 0 Å². The summed E-state index contributed by atoms with van der Waals surface area (Å²) in [5.41, 5.74) is 1.55. The SMILES string of the molecule is COc1cc(NC2=N[N+]3(c4ccc(OC)nc4)C=CN=CC3=N2)cc(OC)c1. The van der Waals surface area contributed by atoms with E-state index in [-0.39, 0.29) is 4.59 Å². The lowest BCUT2D eigenvalue weighted by Crippen LogP contribution is -2.44. The van der Waals surface area contributed by atoms with Crippen LogP contribution in [0, 0.1) is 0 Å². The van der Waals surface area contributed by atoms with Crippen LogP contribution in [-0.4, -0.2) is 44.3 Å². The Balaban J connectivity index is 1.70. The van der Waals surface area contributed by atoms with E-state index >= 15 is 0 Å². The molecule has 0 saturated carbocycles. The summed E-state index contributed by atoms with van der Waals surface area (Å²) in [4.78, 5) is 13.1. The van der Waals surface area contributed by atoms with Crippen LogP contribution in [0.1, 0.15) is 0 Å². The van der Waals surface area contributed by atoms with Crippen molar-refractivity contribution in [1.29, 1.82) is 0 Å². The Morgan fingerprint density at radius 1 is 0.964 bits per heavy atom. The van der Waals surface area contributed by atoms with E-state index in [0.29, 0.717) is 29.2 Å². The summed E-state index contributed by atoms with van der Waals surface area (Å²) in [6.07, 6.45) is 6.90. The fourth-order valence-electron chi connectivity index (χ4n) is 2.91. The van der Waals surface area contributed by atoms with Gasteiger partial charge in [-0.15, -0.1) is 0 Å². The van der Waals surface area contributed by atoms with Crippen molar-refractivity contribution in [2.45, 2.75) is 0 Å². The highest BCUT2D eigenvalue weighted by Gasteiger charge is 2.43. The fourth-order valence-corrected chi connectivity index (χ4v) is 2.91. The van der Waals surface area contributed by atoms with Crippen LogP contribution in [0.3, 0.4) is 0 Å². The van der Waals surface area contributed by atoms with Gasteiger partial charge >= 0.3 is 0 Å². The molecule has 2 aliphatic rings. The number of methoxy groups -OCH3 is 3. The van der Waals surface area contributed by atoms with E-state index in [1.54, 1.807) is 52.1 Å². The van der Waals surface area contributed by atoms with Gasteiger partial charge in [0.25, 0.3) is 11.8 Å². The topological polar surface area (TPSA) is 89.7 Å². The lowest BCUT2D eigenvalue weighted by atomic mass is 10.3. The van der Waals surface area contributed by atoms with Gasteiger partial charge in [-0.2, -0.15) is 4.99 Å². The van der Waals surface area contributed by atoms with Crippen molar-refractivity contribution in [3.63, 3.8) is 0 Å². The predicted octanol–water partition coefficient (Wildman–Crippen LogP) is 2.77. The van der Waals surface area contributed by atoms with Crippen LogP contribution in [0.15, 0.2) is 64.0 Å². The van der Waals surface area contributed by atoms with E-state index in [4.69, 9.17) is 19.3 Å². The number of ether oxygens (including phenoxy) is 3. The van der Waals surface area contributed by atoms with Crippen molar-refractivity contribution in [3.05, 3.63) is 48.9 Å². The number of hydrogen-bond acceptors (Lipinski definition) is 8. The molecule has 142 valence electrons. The number of guanidine groups is 1. The number of nitrogens with one attached hydrogen (secondary N) is 1. The number of benzene rings is 1. The third-order valence-electron chi connectivity index (χ3n) is 4.31. The summed E-state index contributed by atoms with van der Waals surface area (Å²) in [5.74, 6) is 2.93. The van der Waals surface area contributed by atoms with Crippen molar-refractivity contribution in [2.24, 2.45) is 15.1 Å². The zero-order chi connectivity index (χ0) is 19.6. The molecule has 28 heavy (non-hydrogen) atoms. The average molecular weight is 379 g/mol. The van der Waals surface area contributed by atoms with Crippen molar-refractivity contribution >= 4 is 29.4 Å². The smallest absolute Gasteiger partial charge is 0.287 e. The van der Waals surface area contributed by atoms with Crippen LogP contribution in [0.5, 0.6) is 17.4 Å². The lowest BCUT2D eigenvalue weighted by Gasteiger charge is -2.23. The molecule has 9 nitrogen and oxygen atoms in total. The first kappa shape index (κ1) is 17.7. The Morgan fingerprint density at radius 3 is 2.39 bits per heavy atom. The number of rotatable bonds is 5. The summed E-state index contributed by atoms with van der Waals surface area (Å²) < 4.78 is 15.8. The number of anilines is 1. The standard InChI is InChI=1S/C19H19N6O3/c1-26-15-8-13(9-16(10-15)27-2)22-19-23-17-12-20-6-7-25(17,24-19)14-4-5-18(28-3)21-11-14/h4-12H,1-3H3,(H,22,24)/q+1. The summed E-state index contributed by atoms with van der Waals surface area (Å²) in [5, 5.41) is 7.98. The van der Waals surface area contributed by atoms with Crippen LogP contribution in [0.25, 0.3) is 0 Å². The Morgan fingerprint density at radius 2 is 1.75 bits per heavy atom. The quantitative estimate of drug-likeness (QED) is 0.807. The van der Waals surface area contributed by atoms with E-state index in [9.17, 15) is 0 Å². The fraction of sp³-hybridized carbons (Fsp3) is 0.158. The third-order valence-corrected chi connectivity index (χ3v) is 4.31. The zero-order valence-electron chi connectivity index (χ0n) is 15.7. The van der Waals surface area contributed by atoms with Gasteiger partial charge in [0.05, 0.1) is 33.7 Å². The van der Waals surface area contributed by atoms with Crippen LogP contribution in [0.2, 0.25) is 0 Å². The summed E-state index contributed by atoms with van der Waals surface area (Å²) in [6, 6.07) is 9.15. The second-order valence-corrected chi connectivity index (χ2v) is 5.94. The highest BCUT2D eigenvalue weighted by molar-refractivity contribution is 6.38. The van der Waals surface area contributed by atoms with Crippen molar-refractivity contribution in [3.8, 4) is 17.4 Å². The zero-order valence-corrected chi connectivity index (χ0v) is 15.7. The predicted molar refractivity (Wildman–Crippen MR) is 108 cm³/mol. The molecule has 0 aliphatic carbocycles. The minimum atomic E-state index is 0.0317. The monoisotopic (exact) mass is 379 g/mol. The Labute approximate surface area is 161 Å². The Kier molecular flexibility index (Phi) is 4.50. The second kappa shape index (κ2) is 7.12. The van der Waals surface area contributed by atoms with Gasteiger partial charge < -0.3 is 19.5 Å². The summed E-state index contributed by atoms with van der Waals surface area (Å²) >= 11 is 0. The third kappa shape index (κ3) is 3.08. The molecule has 2 aliphatic heterocycles. The normalized spacial score (nSPS) is 19.5. The number of hydrogen-bond donors (Lipinski definition) is 1. The van der Waals surface area contributed by atoms with Crippen LogP contribution < -0.4 is 24.1 Å². The first-order valence-electron chi connectivity index (χ1n) is 8.46. The molecule has 1 aromatic carbocycles. The molecule has 9 heteroatoms. The minimum Gasteiger partial charge on any atom is -0.497 e. The summed E-state index contributed by atoms with van der Waals surface area (Å²) in [7, 11) is 4.78. The van der Waals surface area contributed by atoms with Crippen LogP contribution in [0.4, 0.5) is 11.4 Å². The highest BCUT2D eigenvalue weighted by Crippen LogP contribution is 2.32. The van der Waals surface area contributed by atoms with E-state index in [2.05, 4.69) is 20.3 Å². The number of quaternary nitrogens is 1. The maximum atomic E-state index is 5.32. The number of nitrogens with zero attached hydrogens (tertiary/aromatic N) is 5. The highest BCUT2D eigenvalue weighted by atomic mass is 16.5. The molecule has 0 bridgehead atoms. The number of fused-ring (bicyclic) bond motifs is 1. The van der Waals surface area contributed by atoms with Gasteiger partial charge in [-0.1, -0.05) is 4.59 Å². The molecule has 0 amide bonds. The van der Waals surface area contributed by atoms with Crippen molar-refractivity contribution < 1.29 is 14.2 Å². The van der Waals surface area contributed by atoms with E-state index in [0.717, 1.165) is 11.4 Å². The number of aliphatic imine (C=N–C) groups is 2. The number of pyridine rings is 1. The largest absolute Gasteiger partial charge is 0.497 e. The molecule has 1 aromatic heterocycles. The molecule has 1 N–H and O–H groups in total. The number of aromatic nitrogens is 1. The van der Waals surface area contributed by atoms with Gasteiger partial charge in [-0.3, -0.25) is 4.99 Å². The average Bonchev–Trinajstić information content (AvgIpc) is 3.12. The molecule has 0 radical (unpaired) electrons. The molecule has 0 spiro atoms. The first-order chi connectivity index (χ1) is 13.7. The number of amidine groups is 1. The van der Waals surface area contributed by atoms with Crippen molar-refractivity contribution in [1.82, 2.24) is 9.58 Å². The van der Waals surface area contributed by atoms with Crippen molar-refractivity contribution in [2.75, 3.05) is 26.6 Å². The first-order valence-corrected chi connectivity index (χ1v) is 8.46. The van der Waals surface area contributed by atoms with Gasteiger partial charge in [0, 0.05) is 36.0 Å².